The van der Waals surface area contributed by atoms with Crippen LogP contribution >= 0.6 is 27.5 Å². The lowest BCUT2D eigenvalue weighted by molar-refractivity contribution is 0.297. The van der Waals surface area contributed by atoms with E-state index in [0.717, 1.165) is 12.8 Å². The highest BCUT2D eigenvalue weighted by molar-refractivity contribution is 9.10. The van der Waals surface area contributed by atoms with Crippen LogP contribution in [0.2, 0.25) is 5.02 Å². The van der Waals surface area contributed by atoms with E-state index >= 15 is 0 Å². The Hall–Kier alpha value is -0.340. The van der Waals surface area contributed by atoms with Gasteiger partial charge in [-0.3, -0.25) is 0 Å². The van der Waals surface area contributed by atoms with Gasteiger partial charge in [0.1, 0.15) is 4.90 Å². The summed E-state index contributed by atoms with van der Waals surface area (Å²) in [5, 5.41) is 3.53. The van der Waals surface area contributed by atoms with Gasteiger partial charge in [0.25, 0.3) is 0 Å². The van der Waals surface area contributed by atoms with Gasteiger partial charge in [0, 0.05) is 24.2 Å². The van der Waals surface area contributed by atoms with Crippen molar-refractivity contribution in [2.75, 3.05) is 27.2 Å². The van der Waals surface area contributed by atoms with Crippen molar-refractivity contribution in [1.29, 1.82) is 0 Å². The van der Waals surface area contributed by atoms with E-state index in [1.165, 1.54) is 17.5 Å². The second-order valence-electron chi connectivity index (χ2n) is 4.89. The van der Waals surface area contributed by atoms with Crippen molar-refractivity contribution < 1.29 is 13.2 Å². The van der Waals surface area contributed by atoms with E-state index in [9.17, 15) is 8.42 Å². The largest absolute Gasteiger partial charge is 0.494 e. The third-order valence-corrected chi connectivity index (χ3v) is 6.37. The Bertz CT molecular complexity index is 616. The number of benzene rings is 1. The second-order valence-corrected chi connectivity index (χ2v) is 8.08. The molecule has 2 rings (SSSR count). The predicted molar refractivity (Wildman–Crippen MR) is 86.5 cm³/mol. The van der Waals surface area contributed by atoms with Crippen LogP contribution in [0.1, 0.15) is 12.8 Å². The van der Waals surface area contributed by atoms with Gasteiger partial charge in [0.2, 0.25) is 10.0 Å². The molecule has 1 fully saturated rings. The van der Waals surface area contributed by atoms with Gasteiger partial charge in [-0.15, -0.1) is 0 Å². The Kier molecular flexibility index (Phi) is 5.54. The van der Waals surface area contributed by atoms with E-state index < -0.39 is 10.0 Å². The first kappa shape index (κ1) is 17.0. The minimum atomic E-state index is -3.62. The Labute approximate surface area is 138 Å². The third-order valence-electron chi connectivity index (χ3n) is 3.66. The van der Waals surface area contributed by atoms with Crippen LogP contribution in [0.15, 0.2) is 21.5 Å². The number of nitrogens with zero attached hydrogens (tertiary/aromatic N) is 1. The number of ether oxygens (including phenoxy) is 1. The molecule has 1 N–H and O–H groups in total. The molecule has 0 unspecified atom stereocenters. The minimum Gasteiger partial charge on any atom is -0.494 e. The van der Waals surface area contributed by atoms with Gasteiger partial charge in [-0.05, 0) is 48.0 Å². The van der Waals surface area contributed by atoms with Gasteiger partial charge >= 0.3 is 0 Å². The highest BCUT2D eigenvalue weighted by Gasteiger charge is 2.32. The Morgan fingerprint density at radius 2 is 2.00 bits per heavy atom. The number of halogens is 2. The first-order chi connectivity index (χ1) is 9.90. The van der Waals surface area contributed by atoms with Crippen LogP contribution in [0.4, 0.5) is 0 Å². The Morgan fingerprint density at radius 1 is 1.38 bits per heavy atom. The number of rotatable bonds is 4. The first-order valence-electron chi connectivity index (χ1n) is 6.60. The molecule has 0 bridgehead atoms. The number of nitrogens with one attached hydrogen (secondary N) is 1. The maximum Gasteiger partial charge on any atom is 0.246 e. The molecule has 5 nitrogen and oxygen atoms in total. The van der Waals surface area contributed by atoms with Crippen molar-refractivity contribution in [1.82, 2.24) is 9.62 Å². The lowest BCUT2D eigenvalue weighted by Crippen LogP contribution is -2.43. The fourth-order valence-corrected chi connectivity index (χ4v) is 5.29. The monoisotopic (exact) mass is 396 g/mol. The predicted octanol–water partition coefficient (Wildman–Crippen LogP) is 2.48. The van der Waals surface area contributed by atoms with Crippen LogP contribution in [-0.4, -0.2) is 46.0 Å². The summed E-state index contributed by atoms with van der Waals surface area (Å²) in [5.74, 6) is 0.287. The fraction of sp³-hybridized carbons (Fsp3) is 0.538. The summed E-state index contributed by atoms with van der Waals surface area (Å²) >= 11 is 9.28. The van der Waals surface area contributed by atoms with Gasteiger partial charge in [0.05, 0.1) is 11.6 Å². The van der Waals surface area contributed by atoms with Crippen molar-refractivity contribution >= 4 is 37.6 Å². The van der Waals surface area contributed by atoms with Crippen molar-refractivity contribution in [3.63, 3.8) is 0 Å². The number of hydrogen-bond donors (Lipinski definition) is 1. The molecule has 1 aromatic rings. The zero-order valence-corrected chi connectivity index (χ0v) is 15.1. The summed E-state index contributed by atoms with van der Waals surface area (Å²) in [7, 11) is -0.276. The zero-order chi connectivity index (χ0) is 15.6. The molecular formula is C13H18BrClN2O3S. The molecule has 0 radical (unpaired) electrons. The molecule has 0 aliphatic carbocycles. The molecule has 1 heterocycles. The molecule has 118 valence electrons. The maximum atomic E-state index is 12.8. The molecular weight excluding hydrogens is 380 g/mol. The highest BCUT2D eigenvalue weighted by Crippen LogP contribution is 2.37. The quantitative estimate of drug-likeness (QED) is 0.848. The fourth-order valence-electron chi connectivity index (χ4n) is 2.45. The molecule has 21 heavy (non-hydrogen) atoms. The molecule has 0 aromatic heterocycles. The standard InChI is InChI=1S/C13H18BrClN2O3S/c1-16-10-3-5-17(6-4-10)21(18,19)12-8-9(15)7-11(14)13(12)20-2/h7-8,10,16H,3-6H2,1-2H3. The molecule has 0 saturated carbocycles. The van der Waals surface area contributed by atoms with Gasteiger partial charge in [-0.25, -0.2) is 8.42 Å². The van der Waals surface area contributed by atoms with Crippen LogP contribution < -0.4 is 10.1 Å². The van der Waals surface area contributed by atoms with Gasteiger partial charge < -0.3 is 10.1 Å². The third kappa shape index (κ3) is 3.53. The normalized spacial score (nSPS) is 17.9. The first-order valence-corrected chi connectivity index (χ1v) is 9.21. The number of hydrogen-bond acceptors (Lipinski definition) is 4. The Balaban J connectivity index is 2.36. The smallest absolute Gasteiger partial charge is 0.246 e. The summed E-state index contributed by atoms with van der Waals surface area (Å²) in [6, 6.07) is 3.42. The maximum absolute atomic E-state index is 12.8. The average molecular weight is 398 g/mol. The van der Waals surface area contributed by atoms with Crippen molar-refractivity contribution in [2.24, 2.45) is 0 Å². The van der Waals surface area contributed by atoms with E-state index in [1.54, 1.807) is 6.07 Å². The van der Waals surface area contributed by atoms with Gasteiger partial charge in [-0.2, -0.15) is 4.31 Å². The van der Waals surface area contributed by atoms with Crippen LogP contribution in [0.3, 0.4) is 0 Å². The number of sulfonamides is 1. The Morgan fingerprint density at radius 3 is 2.52 bits per heavy atom. The van der Waals surface area contributed by atoms with E-state index in [0.29, 0.717) is 28.6 Å². The zero-order valence-electron chi connectivity index (χ0n) is 11.9. The molecule has 0 amide bonds. The minimum absolute atomic E-state index is 0.104. The average Bonchev–Trinajstić information content (AvgIpc) is 2.46. The lowest BCUT2D eigenvalue weighted by Gasteiger charge is -2.31. The van der Waals surface area contributed by atoms with E-state index in [4.69, 9.17) is 16.3 Å². The summed E-state index contributed by atoms with van der Waals surface area (Å²) in [4.78, 5) is 0.104. The van der Waals surface area contributed by atoms with E-state index in [2.05, 4.69) is 21.2 Å². The lowest BCUT2D eigenvalue weighted by atomic mass is 10.1. The number of piperidine rings is 1. The molecule has 0 spiro atoms. The van der Waals surface area contributed by atoms with Gasteiger partial charge in [0.15, 0.2) is 5.75 Å². The number of methoxy groups -OCH3 is 1. The van der Waals surface area contributed by atoms with E-state index in [-0.39, 0.29) is 10.6 Å². The molecule has 1 aromatic carbocycles. The van der Waals surface area contributed by atoms with Crippen molar-refractivity contribution in [3.05, 3.63) is 21.6 Å². The summed E-state index contributed by atoms with van der Waals surface area (Å²) < 4.78 is 32.9. The van der Waals surface area contributed by atoms with Crippen LogP contribution in [0, 0.1) is 0 Å². The van der Waals surface area contributed by atoms with Crippen LogP contribution in [0.5, 0.6) is 5.75 Å². The SMILES string of the molecule is CNC1CCN(S(=O)(=O)c2cc(Cl)cc(Br)c2OC)CC1. The second kappa shape index (κ2) is 6.83. The van der Waals surface area contributed by atoms with Crippen molar-refractivity contribution in [2.45, 2.75) is 23.8 Å². The van der Waals surface area contributed by atoms with E-state index in [1.807, 2.05) is 7.05 Å². The molecule has 1 aliphatic heterocycles. The highest BCUT2D eigenvalue weighted by atomic mass is 79.9. The topological polar surface area (TPSA) is 58.6 Å². The van der Waals surface area contributed by atoms with Crippen LogP contribution in [0.25, 0.3) is 0 Å². The summed E-state index contributed by atoms with van der Waals surface area (Å²) in [6.07, 6.45) is 1.58. The molecule has 0 atom stereocenters. The summed E-state index contributed by atoms with van der Waals surface area (Å²) in [5.41, 5.74) is 0. The van der Waals surface area contributed by atoms with Crippen molar-refractivity contribution in [3.8, 4) is 5.75 Å². The van der Waals surface area contributed by atoms with Gasteiger partial charge in [-0.1, -0.05) is 11.6 Å². The molecule has 1 saturated heterocycles. The molecule has 1 aliphatic rings. The van der Waals surface area contributed by atoms with Crippen LogP contribution in [-0.2, 0) is 10.0 Å². The summed E-state index contributed by atoms with van der Waals surface area (Å²) in [6.45, 7) is 0.974. The molecule has 8 heteroatoms.